The highest BCUT2D eigenvalue weighted by molar-refractivity contribution is 5.95. The average molecular weight is 284 g/mol. The predicted molar refractivity (Wildman–Crippen MR) is 71.2 cm³/mol. The summed E-state index contributed by atoms with van der Waals surface area (Å²) < 4.78 is 4.92. The fraction of sp³-hybridized carbons (Fsp3) is 0.417. The predicted octanol–water partition coefficient (Wildman–Crippen LogP) is 0.738. The third-order valence-corrected chi connectivity index (χ3v) is 2.70. The number of benzene rings is 1. The maximum atomic E-state index is 11.2. The first-order chi connectivity index (χ1) is 9.51. The number of carboxylic acids is 1. The summed E-state index contributed by atoms with van der Waals surface area (Å²) in [5, 5.41) is 28.9. The SMILES string of the molecule is COCCN(CCO)c1ccc([N+](=O)[O-])cc1C(=O)O. The van der Waals surface area contributed by atoms with Crippen LogP contribution in [0.2, 0.25) is 0 Å². The van der Waals surface area contributed by atoms with Crippen molar-refractivity contribution in [2.24, 2.45) is 0 Å². The zero-order valence-electron chi connectivity index (χ0n) is 11.0. The molecule has 0 bridgehead atoms. The molecule has 0 fully saturated rings. The van der Waals surface area contributed by atoms with Crippen molar-refractivity contribution in [3.63, 3.8) is 0 Å². The lowest BCUT2D eigenvalue weighted by atomic mass is 10.1. The number of methoxy groups -OCH3 is 1. The van der Waals surface area contributed by atoms with Crippen molar-refractivity contribution in [3.8, 4) is 0 Å². The molecule has 1 aromatic carbocycles. The molecule has 1 rings (SSSR count). The van der Waals surface area contributed by atoms with Gasteiger partial charge in [-0.2, -0.15) is 0 Å². The van der Waals surface area contributed by atoms with Crippen LogP contribution in [0.5, 0.6) is 0 Å². The van der Waals surface area contributed by atoms with E-state index in [1.807, 2.05) is 0 Å². The van der Waals surface area contributed by atoms with Gasteiger partial charge in [0.15, 0.2) is 0 Å². The number of hydrogen-bond donors (Lipinski definition) is 2. The van der Waals surface area contributed by atoms with E-state index in [0.29, 0.717) is 18.8 Å². The molecule has 2 N–H and O–H groups in total. The Bertz CT molecular complexity index is 491. The molecule has 110 valence electrons. The molecule has 0 amide bonds. The van der Waals surface area contributed by atoms with Gasteiger partial charge in [-0.05, 0) is 6.07 Å². The van der Waals surface area contributed by atoms with Crippen molar-refractivity contribution >= 4 is 17.3 Å². The first-order valence-corrected chi connectivity index (χ1v) is 5.87. The molecule has 1 aromatic rings. The van der Waals surface area contributed by atoms with Crippen molar-refractivity contribution in [1.29, 1.82) is 0 Å². The average Bonchev–Trinajstić information content (AvgIpc) is 2.42. The Morgan fingerprint density at radius 1 is 1.45 bits per heavy atom. The molecule has 0 aromatic heterocycles. The highest BCUT2D eigenvalue weighted by atomic mass is 16.6. The van der Waals surface area contributed by atoms with Gasteiger partial charge in [0.05, 0.1) is 29.4 Å². The molecule has 0 spiro atoms. The van der Waals surface area contributed by atoms with Gasteiger partial charge in [0, 0.05) is 32.3 Å². The van der Waals surface area contributed by atoms with Crippen molar-refractivity contribution < 1.29 is 24.7 Å². The summed E-state index contributed by atoms with van der Waals surface area (Å²) in [6.07, 6.45) is 0. The molecular weight excluding hydrogens is 268 g/mol. The van der Waals surface area contributed by atoms with Crippen LogP contribution in [0.3, 0.4) is 0 Å². The van der Waals surface area contributed by atoms with E-state index in [4.69, 9.17) is 9.84 Å². The molecule has 20 heavy (non-hydrogen) atoms. The molecule has 0 radical (unpaired) electrons. The number of carbonyl (C=O) groups is 1. The van der Waals surface area contributed by atoms with E-state index in [1.54, 1.807) is 4.90 Å². The van der Waals surface area contributed by atoms with Crippen LogP contribution >= 0.6 is 0 Å². The summed E-state index contributed by atoms with van der Waals surface area (Å²) in [5.74, 6) is -1.26. The number of rotatable bonds is 8. The minimum atomic E-state index is -1.26. The number of ether oxygens (including phenoxy) is 1. The van der Waals surface area contributed by atoms with E-state index < -0.39 is 10.9 Å². The Hall–Kier alpha value is -2.19. The number of anilines is 1. The Morgan fingerprint density at radius 2 is 2.15 bits per heavy atom. The number of hydrogen-bond acceptors (Lipinski definition) is 6. The molecule has 8 heteroatoms. The lowest BCUT2D eigenvalue weighted by Crippen LogP contribution is -2.31. The Labute approximate surface area is 115 Å². The highest BCUT2D eigenvalue weighted by Crippen LogP contribution is 2.25. The maximum Gasteiger partial charge on any atom is 0.338 e. The molecule has 0 unspecified atom stereocenters. The maximum absolute atomic E-state index is 11.2. The van der Waals surface area contributed by atoms with Gasteiger partial charge in [0.1, 0.15) is 0 Å². The monoisotopic (exact) mass is 284 g/mol. The zero-order chi connectivity index (χ0) is 15.1. The smallest absolute Gasteiger partial charge is 0.338 e. The van der Waals surface area contributed by atoms with Gasteiger partial charge in [-0.15, -0.1) is 0 Å². The number of nitro benzene ring substituents is 1. The number of carboxylic acid groups (broad SMARTS) is 1. The van der Waals surface area contributed by atoms with Crippen LogP contribution in [0.15, 0.2) is 18.2 Å². The van der Waals surface area contributed by atoms with Crippen LogP contribution in [0.4, 0.5) is 11.4 Å². The van der Waals surface area contributed by atoms with Crippen LogP contribution in [0, 0.1) is 10.1 Å². The number of aliphatic hydroxyl groups is 1. The van der Waals surface area contributed by atoms with Crippen molar-refractivity contribution in [2.75, 3.05) is 38.3 Å². The number of non-ortho nitro benzene ring substituents is 1. The number of nitrogens with zero attached hydrogens (tertiary/aromatic N) is 2. The molecular formula is C12H16N2O6. The van der Waals surface area contributed by atoms with Gasteiger partial charge in [0.25, 0.3) is 5.69 Å². The van der Waals surface area contributed by atoms with Gasteiger partial charge in [-0.25, -0.2) is 4.79 Å². The second-order valence-electron chi connectivity index (χ2n) is 3.97. The van der Waals surface area contributed by atoms with Crippen LogP contribution in [-0.4, -0.2) is 54.5 Å². The molecule has 0 heterocycles. The molecule has 0 aliphatic carbocycles. The summed E-state index contributed by atoms with van der Waals surface area (Å²) in [4.78, 5) is 22.9. The van der Waals surface area contributed by atoms with Crippen LogP contribution in [0.25, 0.3) is 0 Å². The van der Waals surface area contributed by atoms with Crippen molar-refractivity contribution in [2.45, 2.75) is 0 Å². The Balaban J connectivity index is 3.18. The minimum absolute atomic E-state index is 0.167. The third kappa shape index (κ3) is 3.90. The zero-order valence-corrected chi connectivity index (χ0v) is 11.0. The largest absolute Gasteiger partial charge is 0.478 e. The molecule has 0 saturated heterocycles. The normalized spacial score (nSPS) is 10.3. The van der Waals surface area contributed by atoms with Crippen LogP contribution in [-0.2, 0) is 4.74 Å². The summed E-state index contributed by atoms with van der Waals surface area (Å²) in [7, 11) is 1.51. The minimum Gasteiger partial charge on any atom is -0.478 e. The quantitative estimate of drug-likeness (QED) is 0.534. The van der Waals surface area contributed by atoms with Crippen LogP contribution < -0.4 is 4.90 Å². The summed E-state index contributed by atoms with van der Waals surface area (Å²) in [5.41, 5.74) is -0.153. The van der Waals surface area contributed by atoms with E-state index in [-0.39, 0.29) is 24.4 Å². The summed E-state index contributed by atoms with van der Waals surface area (Å²) in [6, 6.07) is 3.61. The first kappa shape index (κ1) is 15.9. The summed E-state index contributed by atoms with van der Waals surface area (Å²) in [6.45, 7) is 0.756. The first-order valence-electron chi connectivity index (χ1n) is 5.87. The number of aliphatic hydroxyl groups excluding tert-OH is 1. The van der Waals surface area contributed by atoms with E-state index in [2.05, 4.69) is 0 Å². The highest BCUT2D eigenvalue weighted by Gasteiger charge is 2.19. The van der Waals surface area contributed by atoms with E-state index in [9.17, 15) is 20.0 Å². The molecule has 0 aliphatic heterocycles. The van der Waals surface area contributed by atoms with Gasteiger partial charge in [-0.3, -0.25) is 10.1 Å². The van der Waals surface area contributed by atoms with E-state index in [0.717, 1.165) is 6.07 Å². The second kappa shape index (κ2) is 7.41. The molecule has 0 aliphatic rings. The molecule has 0 saturated carbocycles. The van der Waals surface area contributed by atoms with E-state index in [1.165, 1.54) is 19.2 Å². The Morgan fingerprint density at radius 3 is 2.65 bits per heavy atom. The fourth-order valence-corrected chi connectivity index (χ4v) is 1.76. The summed E-state index contributed by atoms with van der Waals surface area (Å²) >= 11 is 0. The van der Waals surface area contributed by atoms with Crippen molar-refractivity contribution in [1.82, 2.24) is 0 Å². The molecule has 8 nitrogen and oxygen atoms in total. The third-order valence-electron chi connectivity index (χ3n) is 2.70. The fourth-order valence-electron chi connectivity index (χ4n) is 1.76. The topological polar surface area (TPSA) is 113 Å². The lowest BCUT2D eigenvalue weighted by molar-refractivity contribution is -0.384. The van der Waals surface area contributed by atoms with Gasteiger partial charge >= 0.3 is 5.97 Å². The number of aromatic carboxylic acids is 1. The van der Waals surface area contributed by atoms with Crippen LogP contribution in [0.1, 0.15) is 10.4 Å². The second-order valence-corrected chi connectivity index (χ2v) is 3.97. The van der Waals surface area contributed by atoms with Gasteiger partial charge in [-0.1, -0.05) is 0 Å². The standard InChI is InChI=1S/C12H16N2O6/c1-20-7-5-13(4-6-15)11-3-2-9(14(18)19)8-10(11)12(16)17/h2-3,8,15H,4-7H2,1H3,(H,16,17). The lowest BCUT2D eigenvalue weighted by Gasteiger charge is -2.25. The molecule has 0 atom stereocenters. The van der Waals surface area contributed by atoms with E-state index >= 15 is 0 Å². The van der Waals surface area contributed by atoms with Gasteiger partial charge < -0.3 is 19.8 Å². The number of nitro groups is 1. The van der Waals surface area contributed by atoms with Gasteiger partial charge in [0.2, 0.25) is 0 Å². The van der Waals surface area contributed by atoms with Crippen molar-refractivity contribution in [3.05, 3.63) is 33.9 Å². The Kier molecular flexibility index (Phi) is 5.88.